The van der Waals surface area contributed by atoms with Gasteiger partial charge in [0.2, 0.25) is 11.8 Å². The molecule has 0 N–H and O–H groups in total. The molecule has 2 amide bonds. The van der Waals surface area contributed by atoms with Gasteiger partial charge in [0.25, 0.3) is 0 Å². The first-order chi connectivity index (χ1) is 21.2. The van der Waals surface area contributed by atoms with Crippen molar-refractivity contribution in [1.82, 2.24) is 24.6 Å². The Balaban J connectivity index is 1.20. The summed E-state index contributed by atoms with van der Waals surface area (Å²) in [4.78, 5) is 48.6. The van der Waals surface area contributed by atoms with Crippen LogP contribution in [0, 0.1) is 20.8 Å². The number of halogens is 1. The number of carbonyl (C=O) groups is 3. The van der Waals surface area contributed by atoms with Gasteiger partial charge >= 0.3 is 0 Å². The van der Waals surface area contributed by atoms with Crippen LogP contribution in [-0.4, -0.2) is 74.1 Å². The maximum Gasteiger partial charge on any atom is 0.246 e. The molecule has 0 bridgehead atoms. The maximum atomic E-state index is 13.7. The smallest absolute Gasteiger partial charge is 0.246 e. The van der Waals surface area contributed by atoms with Gasteiger partial charge in [0, 0.05) is 58.8 Å². The molecule has 11 heteroatoms. The van der Waals surface area contributed by atoms with Gasteiger partial charge in [-0.1, -0.05) is 54.1 Å². The van der Waals surface area contributed by atoms with E-state index in [9.17, 15) is 14.4 Å². The zero-order valence-corrected chi connectivity index (χ0v) is 26.2. The van der Waals surface area contributed by atoms with Gasteiger partial charge < -0.3 is 9.80 Å². The minimum Gasteiger partial charge on any atom is -0.339 e. The zero-order valence-electron chi connectivity index (χ0n) is 24.7. The fraction of sp³-hybridized carbons (Fsp3) is 0.273. The number of rotatable bonds is 6. The van der Waals surface area contributed by atoms with E-state index in [0.717, 1.165) is 33.2 Å². The molecule has 0 aliphatic carbocycles. The number of hydrogen-bond donors (Lipinski definition) is 0. The van der Waals surface area contributed by atoms with E-state index >= 15 is 0 Å². The summed E-state index contributed by atoms with van der Waals surface area (Å²) in [5, 5.41) is 10.5. The van der Waals surface area contributed by atoms with Crippen molar-refractivity contribution in [3.05, 3.63) is 111 Å². The Bertz CT molecular complexity index is 1800. The first kappa shape index (κ1) is 29.7. The SMILES string of the molecule is Cc1sc2c(c1C)C(c1ccc(Cl)cc1)=N[C@@H](CC(=O)N1CCN(C(=O)/C=C/C(=O)c3ccccc3)CC1)c1nnc(C)n1-2. The van der Waals surface area contributed by atoms with Gasteiger partial charge in [-0.3, -0.25) is 23.9 Å². The second-order valence-corrected chi connectivity index (χ2v) is 12.5. The molecule has 224 valence electrons. The minimum absolute atomic E-state index is 0.0681. The normalized spacial score (nSPS) is 16.4. The van der Waals surface area contributed by atoms with Gasteiger partial charge in [0.15, 0.2) is 11.6 Å². The van der Waals surface area contributed by atoms with Crippen molar-refractivity contribution < 1.29 is 14.4 Å². The van der Waals surface area contributed by atoms with Gasteiger partial charge in [-0.15, -0.1) is 21.5 Å². The van der Waals surface area contributed by atoms with Crippen LogP contribution >= 0.6 is 22.9 Å². The summed E-state index contributed by atoms with van der Waals surface area (Å²) in [5.74, 6) is 0.824. The molecule has 4 aromatic rings. The number of thiophene rings is 1. The molecule has 0 radical (unpaired) electrons. The minimum atomic E-state index is -0.555. The molecule has 4 heterocycles. The van der Waals surface area contributed by atoms with Crippen LogP contribution in [0.2, 0.25) is 5.02 Å². The van der Waals surface area contributed by atoms with Gasteiger partial charge in [0.1, 0.15) is 16.9 Å². The van der Waals surface area contributed by atoms with E-state index in [1.54, 1.807) is 45.4 Å². The predicted octanol–water partition coefficient (Wildman–Crippen LogP) is 5.30. The number of aliphatic imine (C=N–C) groups is 1. The lowest BCUT2D eigenvalue weighted by Gasteiger charge is -2.34. The highest BCUT2D eigenvalue weighted by molar-refractivity contribution is 7.15. The predicted molar refractivity (Wildman–Crippen MR) is 171 cm³/mol. The zero-order chi connectivity index (χ0) is 31.0. The van der Waals surface area contributed by atoms with Gasteiger partial charge in [-0.05, 0) is 44.5 Å². The molecule has 9 nitrogen and oxygen atoms in total. The van der Waals surface area contributed by atoms with Crippen LogP contribution in [0.5, 0.6) is 0 Å². The Kier molecular flexibility index (Phi) is 8.29. The second kappa shape index (κ2) is 12.3. The lowest BCUT2D eigenvalue weighted by molar-refractivity contribution is -0.137. The van der Waals surface area contributed by atoms with Crippen LogP contribution in [0.3, 0.4) is 0 Å². The van der Waals surface area contributed by atoms with E-state index in [-0.39, 0.29) is 24.0 Å². The third-order valence-electron chi connectivity index (χ3n) is 8.10. The number of aryl methyl sites for hydroxylation is 2. The van der Waals surface area contributed by atoms with Crippen molar-refractivity contribution >= 4 is 46.2 Å². The lowest BCUT2D eigenvalue weighted by Crippen LogP contribution is -2.50. The molecule has 0 spiro atoms. The molecule has 1 fully saturated rings. The number of ketones is 1. The Morgan fingerprint density at radius 3 is 2.30 bits per heavy atom. The number of piperazine rings is 1. The molecule has 1 atom stereocenters. The highest BCUT2D eigenvalue weighted by atomic mass is 35.5. The third-order valence-corrected chi connectivity index (χ3v) is 9.55. The van der Waals surface area contributed by atoms with E-state index in [1.165, 1.54) is 17.0 Å². The molecule has 2 aliphatic heterocycles. The fourth-order valence-corrected chi connectivity index (χ4v) is 6.89. The van der Waals surface area contributed by atoms with Crippen LogP contribution in [-0.2, 0) is 9.59 Å². The topological polar surface area (TPSA) is 101 Å². The van der Waals surface area contributed by atoms with Crippen molar-refractivity contribution in [1.29, 1.82) is 0 Å². The van der Waals surface area contributed by atoms with Crippen molar-refractivity contribution in [2.75, 3.05) is 26.2 Å². The van der Waals surface area contributed by atoms with Crippen molar-refractivity contribution in [2.45, 2.75) is 33.2 Å². The van der Waals surface area contributed by atoms with E-state index in [0.29, 0.717) is 42.6 Å². The Morgan fingerprint density at radius 2 is 1.59 bits per heavy atom. The number of nitrogens with zero attached hydrogens (tertiary/aromatic N) is 6. The average Bonchev–Trinajstić information content (AvgIpc) is 3.52. The summed E-state index contributed by atoms with van der Waals surface area (Å²) in [6, 6.07) is 15.9. The molecule has 0 saturated carbocycles. The third kappa shape index (κ3) is 5.75. The molecular weight excluding hydrogens is 596 g/mol. The summed E-state index contributed by atoms with van der Waals surface area (Å²) in [5.41, 5.74) is 4.38. The summed E-state index contributed by atoms with van der Waals surface area (Å²) in [6.45, 7) is 7.64. The average molecular weight is 627 g/mol. The van der Waals surface area contributed by atoms with Gasteiger partial charge in [-0.2, -0.15) is 0 Å². The Hall–Kier alpha value is -4.41. The number of aromatic nitrogens is 3. The quantitative estimate of drug-likeness (QED) is 0.214. The molecule has 2 aliphatic rings. The number of carbonyl (C=O) groups excluding carboxylic acids is 3. The summed E-state index contributed by atoms with van der Waals surface area (Å²) < 4.78 is 2.03. The number of fused-ring (bicyclic) bond motifs is 3. The molecule has 2 aromatic heterocycles. The van der Waals surface area contributed by atoms with Crippen molar-refractivity contribution in [3.63, 3.8) is 0 Å². The first-order valence-corrected chi connectivity index (χ1v) is 15.6. The highest BCUT2D eigenvalue weighted by Crippen LogP contribution is 2.39. The number of allylic oxidation sites excluding steroid dienone is 1. The Morgan fingerprint density at radius 1 is 0.909 bits per heavy atom. The summed E-state index contributed by atoms with van der Waals surface area (Å²) in [7, 11) is 0. The van der Waals surface area contributed by atoms with Crippen molar-refractivity contribution in [3.8, 4) is 5.00 Å². The summed E-state index contributed by atoms with van der Waals surface area (Å²) in [6.07, 6.45) is 2.72. The lowest BCUT2D eigenvalue weighted by atomic mass is 9.99. The number of amides is 2. The van der Waals surface area contributed by atoms with Crippen LogP contribution in [0.4, 0.5) is 0 Å². The molecular formula is C33H31ClN6O3S. The van der Waals surface area contributed by atoms with Crippen LogP contribution in [0.1, 0.15) is 56.0 Å². The molecule has 2 aromatic carbocycles. The van der Waals surface area contributed by atoms with Gasteiger partial charge in [-0.25, -0.2) is 0 Å². The standard InChI is InChI=1S/C33H31ClN6O3S/c1-20-21(2)44-33-30(20)31(24-9-11-25(34)12-10-24)35-26(32-37-36-22(3)40(32)33)19-29(43)39-17-15-38(16-18-39)28(42)14-13-27(41)23-7-5-4-6-8-23/h4-14,26H,15-19H2,1-3H3/b14-13+/t26-/m0/s1. The van der Waals surface area contributed by atoms with Crippen LogP contribution < -0.4 is 0 Å². The summed E-state index contributed by atoms with van der Waals surface area (Å²) >= 11 is 7.88. The monoisotopic (exact) mass is 626 g/mol. The first-order valence-electron chi connectivity index (χ1n) is 14.4. The molecule has 6 rings (SSSR count). The maximum absolute atomic E-state index is 13.7. The van der Waals surface area contributed by atoms with Crippen LogP contribution in [0.15, 0.2) is 71.7 Å². The molecule has 44 heavy (non-hydrogen) atoms. The Labute approximate surface area is 264 Å². The second-order valence-electron chi connectivity index (χ2n) is 10.9. The van der Waals surface area contributed by atoms with E-state index in [1.807, 2.05) is 41.8 Å². The molecule has 0 unspecified atom stereocenters. The largest absolute Gasteiger partial charge is 0.339 e. The molecule has 1 saturated heterocycles. The highest BCUT2D eigenvalue weighted by Gasteiger charge is 2.34. The van der Waals surface area contributed by atoms with Crippen LogP contribution in [0.25, 0.3) is 5.00 Å². The van der Waals surface area contributed by atoms with Crippen molar-refractivity contribution in [2.24, 2.45) is 4.99 Å². The number of hydrogen-bond acceptors (Lipinski definition) is 7. The number of benzene rings is 2. The van der Waals surface area contributed by atoms with E-state index in [4.69, 9.17) is 16.6 Å². The van der Waals surface area contributed by atoms with E-state index in [2.05, 4.69) is 24.0 Å². The van der Waals surface area contributed by atoms with E-state index < -0.39 is 6.04 Å². The fourth-order valence-electron chi connectivity index (χ4n) is 5.55. The van der Waals surface area contributed by atoms with Gasteiger partial charge in [0.05, 0.1) is 12.1 Å².